The number of rotatable bonds is 4. The van der Waals surface area contributed by atoms with E-state index < -0.39 is 0 Å². The topological polar surface area (TPSA) is 38.0 Å². The van der Waals surface area contributed by atoms with Crippen molar-refractivity contribution in [2.75, 3.05) is 0 Å². The van der Waals surface area contributed by atoms with Crippen molar-refractivity contribution >= 4 is 11.6 Å². The Morgan fingerprint density at radius 2 is 1.80 bits per heavy atom. The molecule has 20 heavy (non-hydrogen) atoms. The molecular formula is C16H21ClN2O. The Hall–Kier alpha value is -1.32. The number of aryl methyl sites for hydroxylation is 2. The molecule has 0 atom stereocenters. The molecule has 1 aromatic carbocycles. The molecular weight excluding hydrogens is 272 g/mol. The van der Waals surface area contributed by atoms with Gasteiger partial charge in [-0.3, -0.25) is 0 Å². The maximum absolute atomic E-state index is 9.54. The van der Waals surface area contributed by atoms with Gasteiger partial charge in [0.2, 0.25) is 0 Å². The number of aromatic nitrogens is 2. The molecule has 2 rings (SSSR count). The summed E-state index contributed by atoms with van der Waals surface area (Å²) in [5.41, 5.74) is 4.90. The van der Waals surface area contributed by atoms with E-state index in [1.807, 2.05) is 12.1 Å². The second kappa shape index (κ2) is 5.98. The third-order valence-corrected chi connectivity index (χ3v) is 3.60. The van der Waals surface area contributed by atoms with Gasteiger partial charge in [0.25, 0.3) is 0 Å². The van der Waals surface area contributed by atoms with Gasteiger partial charge in [0.1, 0.15) is 5.15 Å². The van der Waals surface area contributed by atoms with Gasteiger partial charge in [-0.1, -0.05) is 31.5 Å². The first-order valence-electron chi connectivity index (χ1n) is 6.88. The Labute approximate surface area is 125 Å². The summed E-state index contributed by atoms with van der Waals surface area (Å²) in [4.78, 5) is 0. The van der Waals surface area contributed by atoms with Crippen LogP contribution in [0.3, 0.4) is 0 Å². The van der Waals surface area contributed by atoms with Crippen molar-refractivity contribution in [3.05, 3.63) is 45.7 Å². The number of aliphatic hydroxyl groups is 1. The highest BCUT2D eigenvalue weighted by molar-refractivity contribution is 6.30. The zero-order valence-electron chi connectivity index (χ0n) is 12.4. The number of hydrogen-bond donors (Lipinski definition) is 1. The summed E-state index contributed by atoms with van der Waals surface area (Å²) in [6.07, 6.45) is 0.813. The highest BCUT2D eigenvalue weighted by Crippen LogP contribution is 2.26. The van der Waals surface area contributed by atoms with Crippen molar-refractivity contribution in [3.8, 4) is 5.69 Å². The van der Waals surface area contributed by atoms with Crippen LogP contribution in [0, 0.1) is 19.8 Å². The maximum atomic E-state index is 9.54. The maximum Gasteiger partial charge on any atom is 0.138 e. The third-order valence-electron chi connectivity index (χ3n) is 3.21. The van der Waals surface area contributed by atoms with Crippen LogP contribution in [-0.2, 0) is 13.0 Å². The van der Waals surface area contributed by atoms with Gasteiger partial charge in [0.05, 0.1) is 18.0 Å². The first kappa shape index (κ1) is 15.1. The number of nitrogens with zero attached hydrogens (tertiary/aromatic N) is 2. The van der Waals surface area contributed by atoms with Crippen molar-refractivity contribution in [2.24, 2.45) is 5.92 Å². The Kier molecular flexibility index (Phi) is 4.51. The molecule has 0 unspecified atom stereocenters. The van der Waals surface area contributed by atoms with E-state index in [1.165, 1.54) is 11.1 Å². The average molecular weight is 293 g/mol. The molecule has 1 aromatic heterocycles. The molecule has 0 aliphatic heterocycles. The van der Waals surface area contributed by atoms with E-state index in [2.05, 4.69) is 38.9 Å². The van der Waals surface area contributed by atoms with Crippen LogP contribution in [-0.4, -0.2) is 14.9 Å². The Morgan fingerprint density at radius 3 is 2.30 bits per heavy atom. The van der Waals surface area contributed by atoms with E-state index in [-0.39, 0.29) is 6.61 Å². The third kappa shape index (κ3) is 3.05. The Morgan fingerprint density at radius 1 is 1.20 bits per heavy atom. The van der Waals surface area contributed by atoms with E-state index in [9.17, 15) is 5.11 Å². The van der Waals surface area contributed by atoms with Gasteiger partial charge in [-0.05, 0) is 49.4 Å². The molecule has 1 heterocycles. The van der Waals surface area contributed by atoms with E-state index >= 15 is 0 Å². The summed E-state index contributed by atoms with van der Waals surface area (Å²) < 4.78 is 1.73. The van der Waals surface area contributed by atoms with Crippen LogP contribution >= 0.6 is 11.6 Å². The highest BCUT2D eigenvalue weighted by atomic mass is 35.5. The molecule has 0 amide bonds. The molecule has 0 aliphatic carbocycles. The second-order valence-corrected chi connectivity index (χ2v) is 6.09. The van der Waals surface area contributed by atoms with Gasteiger partial charge in [0, 0.05) is 5.56 Å². The molecule has 0 spiro atoms. The van der Waals surface area contributed by atoms with Gasteiger partial charge >= 0.3 is 0 Å². The number of hydrogen-bond acceptors (Lipinski definition) is 2. The SMILES string of the molecule is Cc1cc(C)cc(-n2nc(CC(C)C)c(CO)c2Cl)c1. The first-order chi connectivity index (χ1) is 9.42. The molecule has 0 bridgehead atoms. The van der Waals surface area contributed by atoms with E-state index in [4.69, 9.17) is 11.6 Å². The summed E-state index contributed by atoms with van der Waals surface area (Å²) in [5, 5.41) is 14.6. The molecule has 0 saturated heterocycles. The van der Waals surface area contributed by atoms with Crippen LogP contribution in [0.5, 0.6) is 0 Å². The summed E-state index contributed by atoms with van der Waals surface area (Å²) in [6, 6.07) is 6.21. The Balaban J connectivity index is 2.54. The minimum atomic E-state index is -0.0777. The van der Waals surface area contributed by atoms with Crippen molar-refractivity contribution < 1.29 is 5.11 Å². The predicted octanol–water partition coefficient (Wildman–Crippen LogP) is 3.83. The van der Waals surface area contributed by atoms with Crippen LogP contribution < -0.4 is 0 Å². The van der Waals surface area contributed by atoms with E-state index in [0.717, 1.165) is 23.4 Å². The number of benzene rings is 1. The fourth-order valence-corrected chi connectivity index (χ4v) is 2.73. The van der Waals surface area contributed by atoms with Crippen molar-refractivity contribution in [1.29, 1.82) is 0 Å². The summed E-state index contributed by atoms with van der Waals surface area (Å²) in [5.74, 6) is 0.471. The summed E-state index contributed by atoms with van der Waals surface area (Å²) >= 11 is 6.39. The molecule has 0 radical (unpaired) electrons. The molecule has 0 aliphatic rings. The lowest BCUT2D eigenvalue weighted by Crippen LogP contribution is -2.01. The fourth-order valence-electron chi connectivity index (χ4n) is 2.42. The van der Waals surface area contributed by atoms with Crippen molar-refractivity contribution in [1.82, 2.24) is 9.78 Å². The van der Waals surface area contributed by atoms with Crippen LogP contribution in [0.15, 0.2) is 18.2 Å². The summed E-state index contributed by atoms with van der Waals surface area (Å²) in [6.45, 7) is 8.28. The lowest BCUT2D eigenvalue weighted by atomic mass is 10.1. The van der Waals surface area contributed by atoms with E-state index in [1.54, 1.807) is 4.68 Å². The number of halogens is 1. The van der Waals surface area contributed by atoms with Crippen LogP contribution in [0.1, 0.15) is 36.2 Å². The minimum Gasteiger partial charge on any atom is -0.391 e. The molecule has 3 nitrogen and oxygen atoms in total. The van der Waals surface area contributed by atoms with Crippen LogP contribution in [0.2, 0.25) is 5.15 Å². The number of aliphatic hydroxyl groups excluding tert-OH is 1. The summed E-state index contributed by atoms with van der Waals surface area (Å²) in [7, 11) is 0. The highest BCUT2D eigenvalue weighted by Gasteiger charge is 2.17. The van der Waals surface area contributed by atoms with Crippen LogP contribution in [0.25, 0.3) is 5.69 Å². The molecule has 108 valence electrons. The largest absolute Gasteiger partial charge is 0.391 e. The molecule has 0 saturated carbocycles. The molecule has 1 N–H and O–H groups in total. The van der Waals surface area contributed by atoms with E-state index in [0.29, 0.717) is 11.1 Å². The standard InChI is InChI=1S/C16H21ClN2O/c1-10(2)5-15-14(9-20)16(17)19(18-15)13-7-11(3)6-12(4)8-13/h6-8,10,20H,5,9H2,1-4H3. The van der Waals surface area contributed by atoms with Gasteiger partial charge < -0.3 is 5.11 Å². The fraction of sp³-hybridized carbons (Fsp3) is 0.438. The average Bonchev–Trinajstić information content (AvgIpc) is 2.63. The zero-order chi connectivity index (χ0) is 14.9. The van der Waals surface area contributed by atoms with Crippen molar-refractivity contribution in [3.63, 3.8) is 0 Å². The lowest BCUT2D eigenvalue weighted by molar-refractivity contribution is 0.280. The van der Waals surface area contributed by atoms with Gasteiger partial charge in [-0.25, -0.2) is 4.68 Å². The van der Waals surface area contributed by atoms with Crippen molar-refractivity contribution in [2.45, 2.75) is 40.7 Å². The second-order valence-electron chi connectivity index (χ2n) is 5.73. The van der Waals surface area contributed by atoms with Gasteiger partial charge in [0.15, 0.2) is 0 Å². The quantitative estimate of drug-likeness (QED) is 0.930. The van der Waals surface area contributed by atoms with Crippen LogP contribution in [0.4, 0.5) is 0 Å². The predicted molar refractivity (Wildman–Crippen MR) is 82.5 cm³/mol. The normalized spacial score (nSPS) is 11.3. The van der Waals surface area contributed by atoms with Gasteiger partial charge in [-0.15, -0.1) is 0 Å². The smallest absolute Gasteiger partial charge is 0.138 e. The molecule has 2 aromatic rings. The monoisotopic (exact) mass is 292 g/mol. The first-order valence-corrected chi connectivity index (χ1v) is 7.26. The molecule has 4 heteroatoms. The lowest BCUT2D eigenvalue weighted by Gasteiger charge is -2.06. The molecule has 0 fully saturated rings. The van der Waals surface area contributed by atoms with Gasteiger partial charge in [-0.2, -0.15) is 5.10 Å². The zero-order valence-corrected chi connectivity index (χ0v) is 13.2. The minimum absolute atomic E-state index is 0.0777. The Bertz CT molecular complexity index is 597.